The zero-order chi connectivity index (χ0) is 40.2. The molecule has 4 bridgehead atoms. The molecule has 2 amide bonds. The fraction of sp³-hybridized carbons (Fsp3) is 0.521. The maximum absolute atomic E-state index is 13.7. The maximum atomic E-state index is 13.7. The lowest BCUT2D eigenvalue weighted by atomic mass is 9.69. The topological polar surface area (TPSA) is 106 Å². The number of nitrogens with zero attached hydrogens (tertiary/aromatic N) is 2. The lowest BCUT2D eigenvalue weighted by molar-refractivity contribution is -0.135. The highest BCUT2D eigenvalue weighted by Crippen LogP contribution is 2.61. The second-order valence-electron chi connectivity index (χ2n) is 19.3. The zero-order valence-electron chi connectivity index (χ0n) is 35.1. The molecule has 10 rings (SSSR count). The summed E-state index contributed by atoms with van der Waals surface area (Å²) in [5, 5.41) is 2.74. The van der Waals surface area contributed by atoms with E-state index < -0.39 is 12.1 Å². The van der Waals surface area contributed by atoms with Crippen LogP contribution in [0.4, 0.5) is 4.79 Å². The molecule has 10 heteroatoms. The quantitative estimate of drug-likeness (QED) is 0.173. The van der Waals surface area contributed by atoms with E-state index in [4.69, 9.17) is 19.0 Å². The third-order valence-corrected chi connectivity index (χ3v) is 15.2. The highest BCUT2D eigenvalue weighted by Gasteiger charge is 2.54. The van der Waals surface area contributed by atoms with E-state index in [1.54, 1.807) is 16.7 Å². The molecular formula is C48H57BN4O5. The molecule has 6 aliphatic rings. The molecule has 1 aromatic heterocycles. The van der Waals surface area contributed by atoms with Crippen molar-refractivity contribution in [2.45, 2.75) is 140 Å². The predicted octanol–water partition coefficient (Wildman–Crippen LogP) is 9.48. The Balaban J connectivity index is 0.942. The number of ether oxygens (including phenoxy) is 1. The third-order valence-electron chi connectivity index (χ3n) is 15.2. The summed E-state index contributed by atoms with van der Waals surface area (Å²) in [6.45, 7) is 13.1. The Hall–Kier alpha value is -4.41. The first kappa shape index (κ1) is 37.8. The molecule has 4 aromatic rings. The fourth-order valence-corrected chi connectivity index (χ4v) is 11.6. The molecule has 9 nitrogen and oxygen atoms in total. The number of carbonyl (C=O) groups is 2. The van der Waals surface area contributed by atoms with Crippen LogP contribution in [-0.4, -0.2) is 64.9 Å². The van der Waals surface area contributed by atoms with Gasteiger partial charge in [-0.15, -0.1) is 0 Å². The number of methoxy groups -OCH3 is 1. The third kappa shape index (κ3) is 5.90. The SMILES string of the molecule is COC(=O)N[C@H](C(=O)N1CCC[C@H]1c1ncc(-c2ccc(-c3ccc(-c4ccc(B5OC(C)(C)C(C)(C)O5)c5c4C4CCC5C4)c4c3C3CCC4C3)cc2)[nH]1)C(C)C. The van der Waals surface area contributed by atoms with E-state index in [9.17, 15) is 9.59 Å². The van der Waals surface area contributed by atoms with Crippen molar-refractivity contribution in [1.29, 1.82) is 0 Å². The highest BCUT2D eigenvalue weighted by atomic mass is 16.7. The number of fused-ring (bicyclic) bond motifs is 10. The van der Waals surface area contributed by atoms with Crippen molar-refractivity contribution in [3.63, 3.8) is 0 Å². The first-order chi connectivity index (χ1) is 27.8. The number of nitrogens with one attached hydrogen (secondary N) is 2. The van der Waals surface area contributed by atoms with Crippen molar-refractivity contribution in [2.24, 2.45) is 5.92 Å². The van der Waals surface area contributed by atoms with E-state index in [2.05, 4.69) is 86.5 Å². The van der Waals surface area contributed by atoms with Gasteiger partial charge in [-0.05, 0) is 164 Å². The molecule has 2 N–H and O–H groups in total. The van der Waals surface area contributed by atoms with Gasteiger partial charge in [0, 0.05) is 6.54 Å². The molecule has 4 aliphatic carbocycles. The summed E-state index contributed by atoms with van der Waals surface area (Å²) in [5.41, 5.74) is 14.3. The van der Waals surface area contributed by atoms with Gasteiger partial charge in [0.25, 0.3) is 0 Å². The molecule has 2 aliphatic heterocycles. The van der Waals surface area contributed by atoms with Gasteiger partial charge in [0.1, 0.15) is 11.9 Å². The monoisotopic (exact) mass is 780 g/mol. The standard InChI is InChI=1S/C48H57BN4O5/c1-26(2)43(52-46(55)56-7)45(54)53-22-8-9-38(53)44-50-25-37(51-44)28-12-10-27(11-13-28)33-18-19-34(40-30-15-14-29(23-30)39(33)40)35-20-21-36(42-32-17-16-31(24-32)41(35)42)49-57-47(3,4)48(5,6)58-49/h10-13,18-21,25-26,29-32,38,43H,8-9,14-17,22-24H2,1-7H3,(H,50,51)(H,52,55)/t29?,30?,31?,32?,38-,43-/m0/s1. The van der Waals surface area contributed by atoms with Crippen LogP contribution in [0.2, 0.25) is 0 Å². The highest BCUT2D eigenvalue weighted by molar-refractivity contribution is 6.62. The molecule has 0 radical (unpaired) electrons. The Kier molecular flexibility index (Phi) is 9.03. The van der Waals surface area contributed by atoms with Crippen LogP contribution in [0.15, 0.2) is 54.7 Å². The number of aromatic nitrogens is 2. The van der Waals surface area contributed by atoms with Crippen molar-refractivity contribution in [3.8, 4) is 33.5 Å². The summed E-state index contributed by atoms with van der Waals surface area (Å²) in [5.74, 6) is 3.01. The number of imidazole rings is 1. The summed E-state index contributed by atoms with van der Waals surface area (Å²) in [7, 11) is 0.991. The van der Waals surface area contributed by atoms with Crippen LogP contribution in [0.25, 0.3) is 33.5 Å². The predicted molar refractivity (Wildman–Crippen MR) is 227 cm³/mol. The van der Waals surface area contributed by atoms with Crippen LogP contribution in [0, 0.1) is 5.92 Å². The number of rotatable bonds is 8. The number of amides is 2. The van der Waals surface area contributed by atoms with E-state index in [0.29, 0.717) is 30.2 Å². The summed E-state index contributed by atoms with van der Waals surface area (Å²) in [6.07, 6.45) is 10.6. The maximum Gasteiger partial charge on any atom is 0.495 e. The smallest absolute Gasteiger partial charge is 0.453 e. The van der Waals surface area contributed by atoms with Crippen LogP contribution < -0.4 is 10.8 Å². The zero-order valence-corrected chi connectivity index (χ0v) is 35.1. The number of H-pyrrole nitrogens is 1. The molecular weight excluding hydrogens is 723 g/mol. The van der Waals surface area contributed by atoms with E-state index in [-0.39, 0.29) is 36.2 Å². The van der Waals surface area contributed by atoms with Gasteiger partial charge in [-0.1, -0.05) is 62.4 Å². The normalized spacial score (nSPS) is 26.4. The molecule has 4 unspecified atom stereocenters. The second kappa shape index (κ2) is 13.8. The first-order valence-corrected chi connectivity index (χ1v) is 21.8. The molecule has 0 spiro atoms. The lowest BCUT2D eigenvalue weighted by Crippen LogP contribution is -2.51. The fourth-order valence-electron chi connectivity index (χ4n) is 11.6. The van der Waals surface area contributed by atoms with Gasteiger partial charge in [-0.2, -0.15) is 0 Å². The molecule has 58 heavy (non-hydrogen) atoms. The first-order valence-electron chi connectivity index (χ1n) is 21.8. The molecule has 6 atom stereocenters. The van der Waals surface area contributed by atoms with Gasteiger partial charge in [0.2, 0.25) is 5.91 Å². The number of benzene rings is 3. The minimum Gasteiger partial charge on any atom is -0.453 e. The summed E-state index contributed by atoms with van der Waals surface area (Å²) >= 11 is 0. The number of alkyl carbamates (subject to hydrolysis) is 1. The van der Waals surface area contributed by atoms with Crippen molar-refractivity contribution in [3.05, 3.63) is 82.8 Å². The van der Waals surface area contributed by atoms with E-state index in [1.165, 1.54) is 78.9 Å². The lowest BCUT2D eigenvalue weighted by Gasteiger charge is -2.32. The average Bonchev–Trinajstić information content (AvgIpc) is 4.08. The van der Waals surface area contributed by atoms with Gasteiger partial charge < -0.3 is 29.2 Å². The molecule has 4 fully saturated rings. The Bertz CT molecular complexity index is 2280. The van der Waals surface area contributed by atoms with Crippen LogP contribution in [0.5, 0.6) is 0 Å². The summed E-state index contributed by atoms with van der Waals surface area (Å²) in [6, 6.07) is 17.7. The van der Waals surface area contributed by atoms with Gasteiger partial charge in [0.15, 0.2) is 0 Å². The summed E-state index contributed by atoms with van der Waals surface area (Å²) < 4.78 is 18.1. The van der Waals surface area contributed by atoms with Gasteiger partial charge in [0.05, 0.1) is 36.2 Å². The van der Waals surface area contributed by atoms with Crippen molar-refractivity contribution in [2.75, 3.05) is 13.7 Å². The molecule has 302 valence electrons. The van der Waals surface area contributed by atoms with Gasteiger partial charge >= 0.3 is 13.2 Å². The Morgan fingerprint density at radius 2 is 1.34 bits per heavy atom. The van der Waals surface area contributed by atoms with Crippen LogP contribution in [-0.2, 0) is 18.8 Å². The minimum atomic E-state index is -0.662. The van der Waals surface area contributed by atoms with E-state index >= 15 is 0 Å². The molecule has 2 saturated heterocycles. The van der Waals surface area contributed by atoms with Crippen LogP contribution >= 0.6 is 0 Å². The summed E-state index contributed by atoms with van der Waals surface area (Å²) in [4.78, 5) is 35.9. The number of hydrogen-bond acceptors (Lipinski definition) is 6. The molecule has 3 heterocycles. The van der Waals surface area contributed by atoms with E-state index in [1.807, 2.05) is 24.9 Å². The van der Waals surface area contributed by atoms with Gasteiger partial charge in [-0.3, -0.25) is 4.79 Å². The van der Waals surface area contributed by atoms with Crippen molar-refractivity contribution in [1.82, 2.24) is 20.2 Å². The Morgan fingerprint density at radius 1 is 0.793 bits per heavy atom. The average molecular weight is 781 g/mol. The number of likely N-dealkylation sites (tertiary alicyclic amines) is 1. The number of hydrogen-bond donors (Lipinski definition) is 2. The number of carbonyl (C=O) groups excluding carboxylic acids is 2. The Labute approximate surface area is 343 Å². The van der Waals surface area contributed by atoms with Gasteiger partial charge in [-0.25, -0.2) is 9.78 Å². The Morgan fingerprint density at radius 3 is 1.97 bits per heavy atom. The van der Waals surface area contributed by atoms with Crippen molar-refractivity contribution >= 4 is 24.6 Å². The second-order valence-corrected chi connectivity index (χ2v) is 19.3. The van der Waals surface area contributed by atoms with Crippen LogP contribution in [0.1, 0.15) is 151 Å². The van der Waals surface area contributed by atoms with Crippen LogP contribution in [0.3, 0.4) is 0 Å². The van der Waals surface area contributed by atoms with E-state index in [0.717, 1.165) is 29.9 Å². The van der Waals surface area contributed by atoms with Crippen molar-refractivity contribution < 1.29 is 23.6 Å². The number of aromatic amines is 1. The minimum absolute atomic E-state index is 0.0816. The molecule has 3 aromatic carbocycles. The largest absolute Gasteiger partial charge is 0.495 e. The molecule has 2 saturated carbocycles.